The van der Waals surface area contributed by atoms with Crippen LogP contribution in [-0.4, -0.2) is 67.9 Å². The van der Waals surface area contributed by atoms with E-state index in [0.29, 0.717) is 26.3 Å². The third-order valence-electron chi connectivity index (χ3n) is 5.51. The van der Waals surface area contributed by atoms with Crippen LogP contribution >= 0.6 is 11.8 Å². The Bertz CT molecular complexity index is 888. The molecule has 2 aromatic carbocycles. The molecule has 0 saturated carbocycles. The minimum atomic E-state index is -0.269. The molecule has 2 heterocycles. The fourth-order valence-electron chi connectivity index (χ4n) is 3.74. The van der Waals surface area contributed by atoms with E-state index in [1.807, 2.05) is 54.6 Å². The maximum atomic E-state index is 12.9. The number of amides is 2. The summed E-state index contributed by atoms with van der Waals surface area (Å²) in [5.41, 5.74) is 0.949. The quantitative estimate of drug-likeness (QED) is 0.668. The summed E-state index contributed by atoms with van der Waals surface area (Å²) in [6.07, 6.45) is 0.819. The van der Waals surface area contributed by atoms with Gasteiger partial charge in [-0.25, -0.2) is 0 Å². The average molecular weight is 456 g/mol. The molecular formula is C24H29N3O4S. The van der Waals surface area contributed by atoms with Crippen LogP contribution in [0.3, 0.4) is 0 Å². The maximum Gasteiger partial charge on any atom is 0.237 e. The van der Waals surface area contributed by atoms with Crippen LogP contribution in [0.25, 0.3) is 0 Å². The molecule has 2 fully saturated rings. The third kappa shape index (κ3) is 6.48. The highest BCUT2D eigenvalue weighted by molar-refractivity contribution is 8.00. The lowest BCUT2D eigenvalue weighted by molar-refractivity contribution is -0.124. The molecule has 2 aliphatic rings. The lowest BCUT2D eigenvalue weighted by Crippen LogP contribution is -2.47. The lowest BCUT2D eigenvalue weighted by Gasteiger charge is -2.26. The van der Waals surface area contributed by atoms with Gasteiger partial charge in [0.2, 0.25) is 11.8 Å². The number of ether oxygens (including phenoxy) is 2. The van der Waals surface area contributed by atoms with Gasteiger partial charge in [0, 0.05) is 25.7 Å². The number of carbonyl (C=O) groups excluding carboxylic acids is 2. The molecule has 4 rings (SSSR count). The van der Waals surface area contributed by atoms with Crippen molar-refractivity contribution in [3.05, 3.63) is 60.2 Å². The molecule has 0 unspecified atom stereocenters. The Kier molecular flexibility index (Phi) is 8.03. The van der Waals surface area contributed by atoms with Crippen molar-refractivity contribution < 1.29 is 19.1 Å². The zero-order valence-corrected chi connectivity index (χ0v) is 18.8. The smallest absolute Gasteiger partial charge is 0.237 e. The number of hydrogen-bond acceptors (Lipinski definition) is 6. The second-order valence-electron chi connectivity index (χ2n) is 7.92. The molecular weight excluding hydrogens is 426 g/mol. The van der Waals surface area contributed by atoms with E-state index in [9.17, 15) is 9.59 Å². The van der Waals surface area contributed by atoms with Crippen molar-refractivity contribution in [2.45, 2.75) is 17.7 Å². The van der Waals surface area contributed by atoms with E-state index < -0.39 is 0 Å². The highest BCUT2D eigenvalue weighted by Gasteiger charge is 2.27. The zero-order chi connectivity index (χ0) is 22.2. The Morgan fingerprint density at radius 1 is 1.09 bits per heavy atom. The summed E-state index contributed by atoms with van der Waals surface area (Å²) in [5, 5.41) is 5.80. The van der Waals surface area contributed by atoms with Gasteiger partial charge in [0.1, 0.15) is 16.7 Å². The number of thioether (sulfide) groups is 1. The van der Waals surface area contributed by atoms with Gasteiger partial charge in [-0.1, -0.05) is 30.3 Å². The van der Waals surface area contributed by atoms with Crippen molar-refractivity contribution in [1.82, 2.24) is 15.5 Å². The molecule has 2 atom stereocenters. The molecule has 7 nitrogen and oxygen atoms in total. The predicted molar refractivity (Wildman–Crippen MR) is 125 cm³/mol. The van der Waals surface area contributed by atoms with E-state index >= 15 is 0 Å². The molecule has 2 saturated heterocycles. The number of morpholine rings is 1. The van der Waals surface area contributed by atoms with Gasteiger partial charge in [-0.15, -0.1) is 11.8 Å². The molecule has 2 N–H and O–H groups in total. The molecule has 32 heavy (non-hydrogen) atoms. The average Bonchev–Trinajstić information content (AvgIpc) is 3.01. The monoisotopic (exact) mass is 455 g/mol. The molecule has 0 aliphatic carbocycles. The topological polar surface area (TPSA) is 79.9 Å². The summed E-state index contributed by atoms with van der Waals surface area (Å²) in [7, 11) is 0. The van der Waals surface area contributed by atoms with Gasteiger partial charge < -0.3 is 20.1 Å². The van der Waals surface area contributed by atoms with Crippen LogP contribution in [0.15, 0.2) is 54.6 Å². The van der Waals surface area contributed by atoms with Crippen molar-refractivity contribution in [1.29, 1.82) is 0 Å². The standard InChI is InChI=1S/C24H29N3O4S/c28-22(17-27-11-13-30-14-12-27)25-16-19-10-15-32-23(24(29)26-19)18-6-8-21(9-7-18)31-20-4-2-1-3-5-20/h1-9,19,23H,10-17H2,(H,25,28)(H,26,29)/t19-,23+/m0/s1. The summed E-state index contributed by atoms with van der Waals surface area (Å²) < 4.78 is 11.2. The molecule has 0 spiro atoms. The Labute approximate surface area is 192 Å². The number of para-hydroxylation sites is 1. The van der Waals surface area contributed by atoms with E-state index in [0.717, 1.165) is 42.3 Å². The molecule has 0 aromatic heterocycles. The van der Waals surface area contributed by atoms with Crippen LogP contribution in [0.1, 0.15) is 17.2 Å². The first-order valence-corrected chi connectivity index (χ1v) is 12.0. The second kappa shape index (κ2) is 11.4. The zero-order valence-electron chi connectivity index (χ0n) is 18.0. The molecule has 2 aliphatic heterocycles. The lowest BCUT2D eigenvalue weighted by atomic mass is 10.1. The first kappa shape index (κ1) is 22.6. The Hall–Kier alpha value is -2.55. The van der Waals surface area contributed by atoms with E-state index in [1.54, 1.807) is 11.8 Å². The van der Waals surface area contributed by atoms with Gasteiger partial charge in [0.05, 0.1) is 19.8 Å². The van der Waals surface area contributed by atoms with Crippen LogP contribution in [0.5, 0.6) is 11.5 Å². The van der Waals surface area contributed by atoms with E-state index in [2.05, 4.69) is 15.5 Å². The fraction of sp³-hybridized carbons (Fsp3) is 0.417. The third-order valence-corrected chi connectivity index (χ3v) is 6.80. The molecule has 0 bridgehead atoms. The van der Waals surface area contributed by atoms with Crippen LogP contribution in [0.2, 0.25) is 0 Å². The van der Waals surface area contributed by atoms with Gasteiger partial charge in [-0.3, -0.25) is 14.5 Å². The van der Waals surface area contributed by atoms with Crippen molar-refractivity contribution >= 4 is 23.6 Å². The summed E-state index contributed by atoms with van der Waals surface area (Å²) >= 11 is 1.63. The second-order valence-corrected chi connectivity index (χ2v) is 9.13. The highest BCUT2D eigenvalue weighted by Crippen LogP contribution is 2.33. The van der Waals surface area contributed by atoms with Gasteiger partial charge in [-0.2, -0.15) is 0 Å². The normalized spacial score (nSPS) is 21.9. The van der Waals surface area contributed by atoms with Gasteiger partial charge in [0.15, 0.2) is 0 Å². The number of benzene rings is 2. The number of rotatable bonds is 7. The molecule has 170 valence electrons. The van der Waals surface area contributed by atoms with Crippen LogP contribution in [-0.2, 0) is 14.3 Å². The number of hydrogen-bond donors (Lipinski definition) is 2. The SMILES string of the molecule is O=C(CN1CCOCC1)NC[C@@H]1CCS[C@H](c2ccc(Oc3ccccc3)cc2)C(=O)N1. The van der Waals surface area contributed by atoms with Gasteiger partial charge >= 0.3 is 0 Å². The minimum absolute atomic E-state index is 0.0106. The van der Waals surface area contributed by atoms with Gasteiger partial charge in [0.25, 0.3) is 0 Å². The predicted octanol–water partition coefficient (Wildman–Crippen LogP) is 2.59. The summed E-state index contributed by atoms with van der Waals surface area (Å²) in [5.74, 6) is 2.33. The molecule has 2 aromatic rings. The number of carbonyl (C=O) groups is 2. The fourth-order valence-corrected chi connectivity index (χ4v) is 4.97. The minimum Gasteiger partial charge on any atom is -0.457 e. The van der Waals surface area contributed by atoms with E-state index in [4.69, 9.17) is 9.47 Å². The number of nitrogens with zero attached hydrogens (tertiary/aromatic N) is 1. The Morgan fingerprint density at radius 2 is 1.81 bits per heavy atom. The maximum absolute atomic E-state index is 12.9. The van der Waals surface area contributed by atoms with E-state index in [1.165, 1.54) is 0 Å². The first-order chi connectivity index (χ1) is 15.7. The van der Waals surface area contributed by atoms with Crippen molar-refractivity contribution in [2.75, 3.05) is 45.1 Å². The largest absolute Gasteiger partial charge is 0.457 e. The molecule has 2 amide bonds. The first-order valence-electron chi connectivity index (χ1n) is 11.0. The van der Waals surface area contributed by atoms with Gasteiger partial charge in [-0.05, 0) is 42.0 Å². The molecule has 8 heteroatoms. The Morgan fingerprint density at radius 3 is 2.56 bits per heavy atom. The van der Waals surface area contributed by atoms with Crippen molar-refractivity contribution in [3.63, 3.8) is 0 Å². The highest BCUT2D eigenvalue weighted by atomic mass is 32.2. The summed E-state index contributed by atoms with van der Waals surface area (Å²) in [6, 6.07) is 17.2. The molecule has 0 radical (unpaired) electrons. The van der Waals surface area contributed by atoms with Crippen LogP contribution < -0.4 is 15.4 Å². The van der Waals surface area contributed by atoms with Crippen LogP contribution in [0.4, 0.5) is 0 Å². The van der Waals surface area contributed by atoms with Crippen molar-refractivity contribution in [3.8, 4) is 11.5 Å². The Balaban J connectivity index is 1.27. The van der Waals surface area contributed by atoms with Crippen LogP contribution in [0, 0.1) is 0 Å². The van der Waals surface area contributed by atoms with E-state index in [-0.39, 0.29) is 23.1 Å². The summed E-state index contributed by atoms with van der Waals surface area (Å²) in [4.78, 5) is 27.2. The summed E-state index contributed by atoms with van der Waals surface area (Å²) in [6.45, 7) is 3.72. The number of nitrogens with one attached hydrogen (secondary N) is 2. The van der Waals surface area contributed by atoms with Crippen molar-refractivity contribution in [2.24, 2.45) is 0 Å².